The molecular weight excluding hydrogens is 431 g/mol. The highest BCUT2D eigenvalue weighted by molar-refractivity contribution is 7.19. The number of hydrogen-bond acceptors (Lipinski definition) is 0. The van der Waals surface area contributed by atoms with Crippen molar-refractivity contribution in [2.24, 2.45) is 0 Å². The fraction of sp³-hybridized carbons (Fsp3) is 0.286. The average Bonchev–Trinajstić information content (AvgIpc) is 2.96. The molecule has 0 amide bonds. The van der Waals surface area contributed by atoms with Crippen molar-refractivity contribution in [3.8, 4) is 0 Å². The van der Waals surface area contributed by atoms with Gasteiger partial charge in [-0.3, -0.25) is 0 Å². The predicted molar refractivity (Wildman–Crippen MR) is 163 cm³/mol. The van der Waals surface area contributed by atoms with Crippen LogP contribution in [0.1, 0.15) is 65.2 Å². The maximum atomic E-state index is 2.46. The van der Waals surface area contributed by atoms with Gasteiger partial charge in [-0.25, -0.2) is 0 Å². The standard InChI is InChI=1S/C24H20B.C11H23/c1-5-13-21(14-6-1)25(22-15-7-2-8-16-22,23-17-9-3-10-18-23)24-19-11-4-12-20-24;1-3-5-7-9-11-10-8-6-4-2/h1-20H;9H,3-8,10-11H2,1-2H3/q-1;+1. The third-order valence-corrected chi connectivity index (χ3v) is 7.22. The zero-order valence-corrected chi connectivity index (χ0v) is 22.4. The first-order valence-electron chi connectivity index (χ1n) is 14.0. The van der Waals surface area contributed by atoms with Crippen molar-refractivity contribution in [3.05, 3.63) is 128 Å². The Morgan fingerprint density at radius 3 is 1.08 bits per heavy atom. The molecule has 0 radical (unpaired) electrons. The van der Waals surface area contributed by atoms with Crippen LogP contribution in [0.15, 0.2) is 121 Å². The smallest absolute Gasteiger partial charge is 0.108 e. The van der Waals surface area contributed by atoms with Gasteiger partial charge in [-0.05, 0) is 19.3 Å². The van der Waals surface area contributed by atoms with E-state index in [0.717, 1.165) is 0 Å². The minimum absolute atomic E-state index is 1.22. The monoisotopic (exact) mass is 474 g/mol. The van der Waals surface area contributed by atoms with Gasteiger partial charge < -0.3 is 0 Å². The molecular formula is C35H43B. The van der Waals surface area contributed by atoms with Gasteiger partial charge in [0.05, 0.1) is 19.3 Å². The van der Waals surface area contributed by atoms with E-state index in [0.29, 0.717) is 0 Å². The van der Waals surface area contributed by atoms with Crippen LogP contribution in [-0.4, -0.2) is 6.15 Å². The summed E-state index contributed by atoms with van der Waals surface area (Å²) in [5.41, 5.74) is 5.36. The molecule has 1 heteroatoms. The van der Waals surface area contributed by atoms with Crippen LogP contribution >= 0.6 is 0 Å². The summed E-state index contributed by atoms with van der Waals surface area (Å²) in [6.07, 6.45) is 12.3. The summed E-state index contributed by atoms with van der Waals surface area (Å²) in [6.45, 7) is 4.52. The second-order valence-electron chi connectivity index (χ2n) is 9.79. The first kappa shape index (κ1) is 27.4. The summed E-state index contributed by atoms with van der Waals surface area (Å²) in [6, 6.07) is 43.5. The Kier molecular flexibility index (Phi) is 12.0. The number of rotatable bonds is 12. The third kappa shape index (κ3) is 7.41. The SMILES string of the molecule is CCCC[CH+]CCCCCC.c1ccc([B-](c2ccccc2)(c2ccccc2)c2ccccc2)cc1. The van der Waals surface area contributed by atoms with E-state index in [-0.39, 0.29) is 0 Å². The quantitative estimate of drug-likeness (QED) is 0.114. The fourth-order valence-electron chi connectivity index (χ4n) is 5.33. The first-order valence-corrected chi connectivity index (χ1v) is 14.0. The summed E-state index contributed by atoms with van der Waals surface area (Å²) in [5.74, 6) is 0. The zero-order valence-electron chi connectivity index (χ0n) is 22.4. The van der Waals surface area contributed by atoms with E-state index < -0.39 is 6.15 Å². The van der Waals surface area contributed by atoms with Crippen molar-refractivity contribution in [3.63, 3.8) is 0 Å². The van der Waals surface area contributed by atoms with Gasteiger partial charge in [0.1, 0.15) is 6.15 Å². The van der Waals surface area contributed by atoms with E-state index in [4.69, 9.17) is 0 Å². The molecule has 0 aliphatic heterocycles. The lowest BCUT2D eigenvalue weighted by atomic mass is 9.13. The molecule has 0 spiro atoms. The van der Waals surface area contributed by atoms with Crippen LogP contribution in [0.5, 0.6) is 0 Å². The van der Waals surface area contributed by atoms with Gasteiger partial charge in [-0.2, -0.15) is 21.9 Å². The van der Waals surface area contributed by atoms with Crippen LogP contribution in [-0.2, 0) is 0 Å². The van der Waals surface area contributed by atoms with Crippen molar-refractivity contribution in [2.45, 2.75) is 65.2 Å². The molecule has 4 aromatic carbocycles. The van der Waals surface area contributed by atoms with Gasteiger partial charge in [0.25, 0.3) is 0 Å². The maximum absolute atomic E-state index is 2.46. The molecule has 36 heavy (non-hydrogen) atoms. The molecule has 0 heterocycles. The van der Waals surface area contributed by atoms with Crippen molar-refractivity contribution >= 4 is 28.0 Å². The van der Waals surface area contributed by atoms with Crippen molar-refractivity contribution in [2.75, 3.05) is 0 Å². The van der Waals surface area contributed by atoms with Crippen LogP contribution in [0, 0.1) is 6.42 Å². The Labute approximate surface area is 220 Å². The minimum Gasteiger partial charge on any atom is -0.195 e. The zero-order chi connectivity index (χ0) is 25.3. The lowest BCUT2D eigenvalue weighted by Gasteiger charge is -2.44. The van der Waals surface area contributed by atoms with Crippen molar-refractivity contribution < 1.29 is 0 Å². The molecule has 0 bridgehead atoms. The topological polar surface area (TPSA) is 0 Å². The van der Waals surface area contributed by atoms with E-state index in [1.807, 2.05) is 0 Å². The third-order valence-electron chi connectivity index (χ3n) is 7.22. The van der Waals surface area contributed by atoms with Crippen molar-refractivity contribution in [1.29, 1.82) is 0 Å². The molecule has 4 rings (SSSR count). The lowest BCUT2D eigenvalue weighted by Crippen LogP contribution is -2.74. The molecule has 0 unspecified atom stereocenters. The summed E-state index contributed by atoms with van der Waals surface area (Å²) in [4.78, 5) is 0. The van der Waals surface area contributed by atoms with Crippen LogP contribution in [0.3, 0.4) is 0 Å². The second kappa shape index (κ2) is 15.7. The molecule has 0 saturated carbocycles. The van der Waals surface area contributed by atoms with E-state index >= 15 is 0 Å². The van der Waals surface area contributed by atoms with Gasteiger partial charge in [-0.1, -0.05) is 154 Å². The Balaban J connectivity index is 0.000000280. The largest absolute Gasteiger partial charge is 0.195 e. The molecule has 186 valence electrons. The number of unbranched alkanes of at least 4 members (excludes halogenated alkanes) is 8. The highest BCUT2D eigenvalue weighted by Crippen LogP contribution is 2.09. The number of benzene rings is 4. The molecule has 0 N–H and O–H groups in total. The van der Waals surface area contributed by atoms with Gasteiger partial charge in [-0.15, -0.1) is 0 Å². The predicted octanol–water partition coefficient (Wildman–Crippen LogP) is 7.42. The Hall–Kier alpha value is -3.19. The molecule has 0 aliphatic rings. The van der Waals surface area contributed by atoms with Gasteiger partial charge in [0, 0.05) is 0 Å². The summed E-state index contributed by atoms with van der Waals surface area (Å²) in [5, 5.41) is 0. The highest BCUT2D eigenvalue weighted by Gasteiger charge is 2.30. The van der Waals surface area contributed by atoms with Crippen LogP contribution in [0.2, 0.25) is 0 Å². The fourth-order valence-corrected chi connectivity index (χ4v) is 5.33. The molecule has 4 aromatic rings. The molecule has 0 nitrogen and oxygen atoms in total. The molecule has 0 atom stereocenters. The van der Waals surface area contributed by atoms with Crippen LogP contribution in [0.25, 0.3) is 0 Å². The van der Waals surface area contributed by atoms with E-state index in [1.165, 1.54) is 73.2 Å². The van der Waals surface area contributed by atoms with E-state index in [2.05, 4.69) is 142 Å². The second-order valence-corrected chi connectivity index (χ2v) is 9.79. The van der Waals surface area contributed by atoms with Gasteiger partial charge in [0.2, 0.25) is 0 Å². The first-order chi connectivity index (χ1) is 17.8. The Morgan fingerprint density at radius 1 is 0.417 bits per heavy atom. The average molecular weight is 475 g/mol. The van der Waals surface area contributed by atoms with E-state index in [9.17, 15) is 0 Å². The molecule has 0 fully saturated rings. The van der Waals surface area contributed by atoms with Gasteiger partial charge in [0.15, 0.2) is 0 Å². The normalized spacial score (nSPS) is 10.8. The minimum atomic E-state index is -1.22. The summed E-state index contributed by atoms with van der Waals surface area (Å²) in [7, 11) is 0. The Morgan fingerprint density at radius 2 is 0.750 bits per heavy atom. The van der Waals surface area contributed by atoms with E-state index in [1.54, 1.807) is 0 Å². The van der Waals surface area contributed by atoms with Crippen LogP contribution in [0.4, 0.5) is 0 Å². The maximum Gasteiger partial charge on any atom is 0.108 e. The molecule has 0 aromatic heterocycles. The summed E-state index contributed by atoms with van der Waals surface area (Å²) < 4.78 is 0. The molecule has 0 aliphatic carbocycles. The van der Waals surface area contributed by atoms with Crippen molar-refractivity contribution in [1.82, 2.24) is 0 Å². The Bertz CT molecular complexity index is 887. The molecule has 0 saturated heterocycles. The van der Waals surface area contributed by atoms with Crippen LogP contribution < -0.4 is 21.9 Å². The lowest BCUT2D eigenvalue weighted by molar-refractivity contribution is 0.642. The highest BCUT2D eigenvalue weighted by atomic mass is 14.1. The number of hydrogen-bond donors (Lipinski definition) is 0. The summed E-state index contributed by atoms with van der Waals surface area (Å²) >= 11 is 0. The van der Waals surface area contributed by atoms with Gasteiger partial charge >= 0.3 is 0 Å².